The molecule has 0 aromatic carbocycles. The van der Waals surface area contributed by atoms with Crippen molar-refractivity contribution in [3.05, 3.63) is 28.7 Å². The minimum Gasteiger partial charge on any atom is -0.328 e. The number of hydrogen-bond donors (Lipinski definition) is 1. The summed E-state index contributed by atoms with van der Waals surface area (Å²) in [6.07, 6.45) is 3.02. The molecule has 1 aromatic rings. The molecule has 106 valence electrons. The van der Waals surface area contributed by atoms with E-state index in [9.17, 15) is 13.2 Å². The second kappa shape index (κ2) is 5.44. The van der Waals surface area contributed by atoms with E-state index in [4.69, 9.17) is 0 Å². The molecule has 0 aliphatic carbocycles. The maximum Gasteiger partial charge on any atom is 0.247 e. The van der Waals surface area contributed by atoms with Gasteiger partial charge in [0.25, 0.3) is 0 Å². The van der Waals surface area contributed by atoms with Crippen LogP contribution >= 0.6 is 0 Å². The maximum atomic E-state index is 12.5. The first-order valence-electron chi connectivity index (χ1n) is 6.26. The Kier molecular flexibility index (Phi) is 4.07. The highest BCUT2D eigenvalue weighted by Crippen LogP contribution is 2.25. The predicted molar refractivity (Wildman–Crippen MR) is 72.5 cm³/mol. The SMILES string of the molecule is CN(C)CC1CCCN1S(=O)(=O)c1ccc(=O)[nH]c1. The van der Waals surface area contributed by atoms with E-state index in [2.05, 4.69) is 4.98 Å². The van der Waals surface area contributed by atoms with Crippen molar-refractivity contribution in [1.82, 2.24) is 14.2 Å². The summed E-state index contributed by atoms with van der Waals surface area (Å²) in [6.45, 7) is 1.25. The zero-order valence-electron chi connectivity index (χ0n) is 11.2. The van der Waals surface area contributed by atoms with E-state index in [1.54, 1.807) is 4.31 Å². The van der Waals surface area contributed by atoms with Gasteiger partial charge < -0.3 is 9.88 Å². The fourth-order valence-corrected chi connectivity index (χ4v) is 4.07. The zero-order valence-corrected chi connectivity index (χ0v) is 12.0. The lowest BCUT2D eigenvalue weighted by molar-refractivity contribution is 0.291. The van der Waals surface area contributed by atoms with Crippen molar-refractivity contribution in [3.63, 3.8) is 0 Å². The highest BCUT2D eigenvalue weighted by atomic mass is 32.2. The van der Waals surface area contributed by atoms with Gasteiger partial charge in [0.1, 0.15) is 0 Å². The molecule has 1 aliphatic rings. The Morgan fingerprint density at radius 2 is 2.16 bits per heavy atom. The molecule has 1 unspecified atom stereocenters. The van der Waals surface area contributed by atoms with E-state index in [0.717, 1.165) is 12.8 Å². The van der Waals surface area contributed by atoms with E-state index in [1.807, 2.05) is 19.0 Å². The fourth-order valence-electron chi connectivity index (χ4n) is 2.42. The third-order valence-electron chi connectivity index (χ3n) is 3.26. The number of likely N-dealkylation sites (N-methyl/N-ethyl adjacent to an activating group) is 1. The number of rotatable bonds is 4. The Morgan fingerprint density at radius 3 is 2.74 bits per heavy atom. The van der Waals surface area contributed by atoms with Crippen LogP contribution < -0.4 is 5.56 Å². The minimum atomic E-state index is -3.51. The van der Waals surface area contributed by atoms with Gasteiger partial charge in [0.05, 0.1) is 4.90 Å². The number of pyridine rings is 1. The Morgan fingerprint density at radius 1 is 1.42 bits per heavy atom. The van der Waals surface area contributed by atoms with Crippen LogP contribution in [0, 0.1) is 0 Å². The van der Waals surface area contributed by atoms with Crippen molar-refractivity contribution in [2.45, 2.75) is 23.8 Å². The third kappa shape index (κ3) is 3.05. The average Bonchev–Trinajstić information content (AvgIpc) is 2.77. The first-order valence-corrected chi connectivity index (χ1v) is 7.70. The number of hydrogen-bond acceptors (Lipinski definition) is 4. The van der Waals surface area contributed by atoms with Crippen LogP contribution in [0.2, 0.25) is 0 Å². The molecular formula is C12H19N3O3S. The van der Waals surface area contributed by atoms with Gasteiger partial charge in [-0.15, -0.1) is 0 Å². The highest BCUT2D eigenvalue weighted by molar-refractivity contribution is 7.89. The molecule has 1 aliphatic heterocycles. The van der Waals surface area contributed by atoms with E-state index >= 15 is 0 Å². The molecule has 0 radical (unpaired) electrons. The summed E-state index contributed by atoms with van der Waals surface area (Å²) in [5, 5.41) is 0. The number of nitrogens with one attached hydrogen (secondary N) is 1. The molecule has 0 amide bonds. The van der Waals surface area contributed by atoms with Gasteiger partial charge in [0.2, 0.25) is 15.6 Å². The summed E-state index contributed by atoms with van der Waals surface area (Å²) in [4.78, 5) is 15.6. The number of aromatic amines is 1. The summed E-state index contributed by atoms with van der Waals surface area (Å²) < 4.78 is 26.6. The van der Waals surface area contributed by atoms with Crippen LogP contribution in [0.3, 0.4) is 0 Å². The summed E-state index contributed by atoms with van der Waals surface area (Å²) in [5.74, 6) is 0. The van der Waals surface area contributed by atoms with Crippen molar-refractivity contribution in [2.24, 2.45) is 0 Å². The molecule has 1 N–H and O–H groups in total. The minimum absolute atomic E-state index is 0.00641. The number of H-pyrrole nitrogens is 1. The average molecular weight is 285 g/mol. The molecule has 0 bridgehead atoms. The smallest absolute Gasteiger partial charge is 0.247 e. The van der Waals surface area contributed by atoms with Crippen LogP contribution in [0.4, 0.5) is 0 Å². The van der Waals surface area contributed by atoms with Gasteiger partial charge in [0, 0.05) is 31.4 Å². The first-order chi connectivity index (χ1) is 8.91. The Bertz CT molecular complexity index is 574. The van der Waals surface area contributed by atoms with Crippen molar-refractivity contribution in [3.8, 4) is 0 Å². The molecule has 2 rings (SSSR count). The largest absolute Gasteiger partial charge is 0.328 e. The molecule has 19 heavy (non-hydrogen) atoms. The molecule has 0 saturated carbocycles. The summed E-state index contributed by atoms with van der Waals surface area (Å²) in [7, 11) is 0.354. The molecule has 6 nitrogen and oxygen atoms in total. The van der Waals surface area contributed by atoms with Crippen LogP contribution in [0.1, 0.15) is 12.8 Å². The number of nitrogens with zero attached hydrogens (tertiary/aromatic N) is 2. The maximum absolute atomic E-state index is 12.5. The van der Waals surface area contributed by atoms with Gasteiger partial charge >= 0.3 is 0 Å². The number of aromatic nitrogens is 1. The standard InChI is InChI=1S/C12H19N3O3S/c1-14(2)9-10-4-3-7-15(10)19(17,18)11-5-6-12(16)13-8-11/h5-6,8,10H,3-4,7,9H2,1-2H3,(H,13,16). The summed E-state index contributed by atoms with van der Waals surface area (Å²) in [6, 6.07) is 2.61. The van der Waals surface area contributed by atoms with Gasteiger partial charge in [-0.2, -0.15) is 4.31 Å². The van der Waals surface area contributed by atoms with Crippen LogP contribution in [-0.4, -0.2) is 55.8 Å². The monoisotopic (exact) mass is 285 g/mol. The van der Waals surface area contributed by atoms with E-state index in [1.165, 1.54) is 18.3 Å². The van der Waals surface area contributed by atoms with Crippen molar-refractivity contribution in [1.29, 1.82) is 0 Å². The molecular weight excluding hydrogens is 266 g/mol. The molecule has 1 saturated heterocycles. The first kappa shape index (κ1) is 14.2. The van der Waals surface area contributed by atoms with Gasteiger partial charge in [-0.1, -0.05) is 0 Å². The lowest BCUT2D eigenvalue weighted by Crippen LogP contribution is -2.41. The second-order valence-electron chi connectivity index (χ2n) is 5.06. The zero-order chi connectivity index (χ0) is 14.0. The molecule has 7 heteroatoms. The topological polar surface area (TPSA) is 73.5 Å². The highest BCUT2D eigenvalue weighted by Gasteiger charge is 2.35. The second-order valence-corrected chi connectivity index (χ2v) is 6.95. The fraction of sp³-hybridized carbons (Fsp3) is 0.583. The summed E-state index contributed by atoms with van der Waals surface area (Å²) in [5.41, 5.74) is -0.301. The molecule has 1 fully saturated rings. The third-order valence-corrected chi connectivity index (χ3v) is 5.21. The van der Waals surface area contributed by atoms with E-state index in [0.29, 0.717) is 13.1 Å². The van der Waals surface area contributed by atoms with Gasteiger partial charge in [-0.3, -0.25) is 4.79 Å². The van der Waals surface area contributed by atoms with Crippen molar-refractivity contribution in [2.75, 3.05) is 27.2 Å². The van der Waals surface area contributed by atoms with E-state index in [-0.39, 0.29) is 16.5 Å². The lowest BCUT2D eigenvalue weighted by Gasteiger charge is -2.26. The normalized spacial score (nSPS) is 21.1. The van der Waals surface area contributed by atoms with Gasteiger partial charge in [0.15, 0.2) is 0 Å². The van der Waals surface area contributed by atoms with Crippen molar-refractivity contribution < 1.29 is 8.42 Å². The predicted octanol–water partition coefficient (Wildman–Crippen LogP) is 0.0896. The van der Waals surface area contributed by atoms with Crippen molar-refractivity contribution >= 4 is 10.0 Å². The molecule has 1 atom stereocenters. The molecule has 1 aromatic heterocycles. The van der Waals surface area contributed by atoms with Crippen LogP contribution in [0.15, 0.2) is 28.0 Å². The molecule has 0 spiro atoms. The quantitative estimate of drug-likeness (QED) is 0.851. The van der Waals surface area contributed by atoms with E-state index < -0.39 is 10.0 Å². The number of sulfonamides is 1. The van der Waals surface area contributed by atoms with Crippen LogP contribution in [-0.2, 0) is 10.0 Å². The Balaban J connectivity index is 2.28. The Hall–Kier alpha value is -1.18. The van der Waals surface area contributed by atoms with Gasteiger partial charge in [-0.25, -0.2) is 8.42 Å². The Labute approximate surface area is 113 Å². The van der Waals surface area contributed by atoms with Gasteiger partial charge in [-0.05, 0) is 33.0 Å². The lowest BCUT2D eigenvalue weighted by atomic mass is 10.2. The van der Waals surface area contributed by atoms with Crippen LogP contribution in [0.25, 0.3) is 0 Å². The molecule has 2 heterocycles. The summed E-state index contributed by atoms with van der Waals surface area (Å²) >= 11 is 0. The van der Waals surface area contributed by atoms with Crippen LogP contribution in [0.5, 0.6) is 0 Å².